The van der Waals surface area contributed by atoms with Crippen molar-refractivity contribution in [3.05, 3.63) is 11.6 Å². The molecule has 0 unspecified atom stereocenters. The molecule has 5 nitrogen and oxygen atoms in total. The van der Waals surface area contributed by atoms with Crippen molar-refractivity contribution in [2.45, 2.75) is 26.7 Å². The molecule has 0 radical (unpaired) electrons. The Kier molecular flexibility index (Phi) is 6.71. The van der Waals surface area contributed by atoms with Crippen molar-refractivity contribution in [1.82, 2.24) is 4.90 Å². The lowest BCUT2D eigenvalue weighted by molar-refractivity contribution is -0.157. The Labute approximate surface area is 120 Å². The molecule has 0 bridgehead atoms. The lowest BCUT2D eigenvalue weighted by Gasteiger charge is -2.30. The lowest BCUT2D eigenvalue weighted by atomic mass is 9.79. The molecule has 1 aliphatic rings. The fraction of sp³-hybridized carbons (Fsp3) is 0.733. The molecule has 0 aromatic heterocycles. The normalized spacial score (nSPS) is 22.4. The lowest BCUT2D eigenvalue weighted by Crippen LogP contribution is -2.36. The van der Waals surface area contributed by atoms with Crippen LogP contribution in [0.25, 0.3) is 0 Å². The van der Waals surface area contributed by atoms with Crippen molar-refractivity contribution in [3.8, 4) is 0 Å². The van der Waals surface area contributed by atoms with Gasteiger partial charge < -0.3 is 9.47 Å². The molecule has 20 heavy (non-hydrogen) atoms. The van der Waals surface area contributed by atoms with Crippen LogP contribution < -0.4 is 0 Å². The first kappa shape index (κ1) is 16.7. The summed E-state index contributed by atoms with van der Waals surface area (Å²) in [6.07, 6.45) is 3.19. The van der Waals surface area contributed by atoms with Gasteiger partial charge in [-0.3, -0.25) is 14.5 Å². The van der Waals surface area contributed by atoms with Crippen molar-refractivity contribution in [3.63, 3.8) is 0 Å². The first-order chi connectivity index (χ1) is 9.57. The van der Waals surface area contributed by atoms with Crippen LogP contribution in [0.3, 0.4) is 0 Å². The zero-order chi connectivity index (χ0) is 15.1. The SMILES string of the molecule is CCN(CC)CC1=CC[C@@H](C(=O)OC)[C@H](C(=O)OC)C1. The average Bonchev–Trinajstić information content (AvgIpc) is 2.50. The summed E-state index contributed by atoms with van der Waals surface area (Å²) in [5.41, 5.74) is 1.20. The summed E-state index contributed by atoms with van der Waals surface area (Å²) in [5, 5.41) is 0. The molecule has 0 aromatic rings. The number of carbonyl (C=O) groups excluding carboxylic acids is 2. The molecule has 0 N–H and O–H groups in total. The van der Waals surface area contributed by atoms with Crippen LogP contribution in [-0.2, 0) is 19.1 Å². The van der Waals surface area contributed by atoms with E-state index in [4.69, 9.17) is 9.47 Å². The number of rotatable bonds is 6. The number of esters is 2. The third kappa shape index (κ3) is 4.07. The Bertz CT molecular complexity index is 374. The van der Waals surface area contributed by atoms with E-state index in [9.17, 15) is 9.59 Å². The van der Waals surface area contributed by atoms with Gasteiger partial charge in [-0.25, -0.2) is 0 Å². The van der Waals surface area contributed by atoms with Gasteiger partial charge in [0.15, 0.2) is 0 Å². The van der Waals surface area contributed by atoms with Gasteiger partial charge in [0.25, 0.3) is 0 Å². The highest BCUT2D eigenvalue weighted by atomic mass is 16.5. The van der Waals surface area contributed by atoms with Gasteiger partial charge in [-0.2, -0.15) is 0 Å². The molecule has 0 heterocycles. The molecule has 0 aromatic carbocycles. The number of ether oxygens (including phenoxy) is 2. The molecule has 1 aliphatic carbocycles. The van der Waals surface area contributed by atoms with Crippen LogP contribution in [0, 0.1) is 11.8 Å². The average molecular weight is 283 g/mol. The van der Waals surface area contributed by atoms with E-state index in [1.807, 2.05) is 0 Å². The minimum atomic E-state index is -0.428. The minimum Gasteiger partial charge on any atom is -0.469 e. The molecule has 0 saturated carbocycles. The van der Waals surface area contributed by atoms with E-state index in [2.05, 4.69) is 24.8 Å². The topological polar surface area (TPSA) is 55.8 Å². The molecule has 2 atom stereocenters. The molecule has 0 fully saturated rings. The predicted molar refractivity (Wildman–Crippen MR) is 76.1 cm³/mol. The van der Waals surface area contributed by atoms with Crippen molar-refractivity contribution in [2.75, 3.05) is 33.9 Å². The van der Waals surface area contributed by atoms with E-state index in [1.54, 1.807) is 0 Å². The number of hydrogen-bond acceptors (Lipinski definition) is 5. The third-order valence-corrected chi connectivity index (χ3v) is 3.96. The molecule has 0 amide bonds. The Balaban J connectivity index is 2.82. The second kappa shape index (κ2) is 8.04. The van der Waals surface area contributed by atoms with E-state index >= 15 is 0 Å². The second-order valence-corrected chi connectivity index (χ2v) is 5.02. The van der Waals surface area contributed by atoms with Gasteiger partial charge in [0.2, 0.25) is 0 Å². The molecule has 0 spiro atoms. The zero-order valence-electron chi connectivity index (χ0n) is 12.8. The van der Waals surface area contributed by atoms with E-state index in [1.165, 1.54) is 19.8 Å². The summed E-state index contributed by atoms with van der Waals surface area (Å²) in [5.74, 6) is -1.51. The van der Waals surface area contributed by atoms with Crippen LogP contribution in [-0.4, -0.2) is 50.7 Å². The molecule has 0 aliphatic heterocycles. The Morgan fingerprint density at radius 3 is 2.20 bits per heavy atom. The van der Waals surface area contributed by atoms with Crippen LogP contribution in [0.2, 0.25) is 0 Å². The molecule has 5 heteroatoms. The maximum atomic E-state index is 11.9. The Hall–Kier alpha value is -1.36. The number of nitrogens with zero attached hydrogens (tertiary/aromatic N) is 1. The molecule has 0 saturated heterocycles. The van der Waals surface area contributed by atoms with Gasteiger partial charge in [0, 0.05) is 6.54 Å². The van der Waals surface area contributed by atoms with Crippen molar-refractivity contribution in [1.29, 1.82) is 0 Å². The highest BCUT2D eigenvalue weighted by Crippen LogP contribution is 2.32. The van der Waals surface area contributed by atoms with Gasteiger partial charge >= 0.3 is 11.9 Å². The summed E-state index contributed by atoms with van der Waals surface area (Å²) in [4.78, 5) is 26.0. The van der Waals surface area contributed by atoms with Gasteiger partial charge in [0.1, 0.15) is 0 Å². The molecule has 1 rings (SSSR count). The van der Waals surface area contributed by atoms with Gasteiger partial charge in [-0.15, -0.1) is 0 Å². The second-order valence-electron chi connectivity index (χ2n) is 5.02. The molecular weight excluding hydrogens is 258 g/mol. The van der Waals surface area contributed by atoms with Crippen LogP contribution in [0.15, 0.2) is 11.6 Å². The van der Waals surface area contributed by atoms with Crippen molar-refractivity contribution < 1.29 is 19.1 Å². The third-order valence-electron chi connectivity index (χ3n) is 3.96. The fourth-order valence-corrected chi connectivity index (χ4v) is 2.64. The summed E-state index contributed by atoms with van der Waals surface area (Å²) >= 11 is 0. The smallest absolute Gasteiger partial charge is 0.309 e. The van der Waals surface area contributed by atoms with E-state index < -0.39 is 11.8 Å². The maximum Gasteiger partial charge on any atom is 0.309 e. The van der Waals surface area contributed by atoms with Crippen molar-refractivity contribution in [2.24, 2.45) is 11.8 Å². The zero-order valence-corrected chi connectivity index (χ0v) is 12.8. The summed E-state index contributed by atoms with van der Waals surface area (Å²) in [7, 11) is 2.71. The van der Waals surface area contributed by atoms with Gasteiger partial charge in [-0.1, -0.05) is 25.5 Å². The molecular formula is C15H25NO4. The summed E-state index contributed by atoms with van der Waals surface area (Å²) in [6.45, 7) is 7.01. The largest absolute Gasteiger partial charge is 0.469 e. The monoisotopic (exact) mass is 283 g/mol. The quantitative estimate of drug-likeness (QED) is 0.548. The van der Waals surface area contributed by atoms with Crippen molar-refractivity contribution >= 4 is 11.9 Å². The van der Waals surface area contributed by atoms with E-state index in [0.29, 0.717) is 12.8 Å². The number of methoxy groups -OCH3 is 2. The number of hydrogen-bond donors (Lipinski definition) is 0. The number of likely N-dealkylation sites (N-methyl/N-ethyl adjacent to an activating group) is 1. The van der Waals surface area contributed by atoms with Crippen LogP contribution in [0.5, 0.6) is 0 Å². The van der Waals surface area contributed by atoms with Crippen LogP contribution >= 0.6 is 0 Å². The van der Waals surface area contributed by atoms with Crippen LogP contribution in [0.1, 0.15) is 26.7 Å². The predicted octanol–water partition coefficient (Wildman–Crippen LogP) is 1.63. The highest BCUT2D eigenvalue weighted by Gasteiger charge is 2.37. The first-order valence-electron chi connectivity index (χ1n) is 7.13. The number of allylic oxidation sites excluding steroid dienone is 1. The molecule has 114 valence electrons. The van der Waals surface area contributed by atoms with Gasteiger partial charge in [-0.05, 0) is 25.9 Å². The van der Waals surface area contributed by atoms with Crippen LogP contribution in [0.4, 0.5) is 0 Å². The Morgan fingerprint density at radius 2 is 1.70 bits per heavy atom. The Morgan fingerprint density at radius 1 is 1.15 bits per heavy atom. The minimum absolute atomic E-state index is 0.328. The fourth-order valence-electron chi connectivity index (χ4n) is 2.64. The summed E-state index contributed by atoms with van der Waals surface area (Å²) in [6, 6.07) is 0. The summed E-state index contributed by atoms with van der Waals surface area (Å²) < 4.78 is 9.62. The standard InChI is InChI=1S/C15H25NO4/c1-5-16(6-2)10-11-7-8-12(14(17)19-3)13(9-11)15(18)20-4/h7,12-13H,5-6,8-10H2,1-4H3/t12-,13-/m1/s1. The first-order valence-corrected chi connectivity index (χ1v) is 7.13. The van der Waals surface area contributed by atoms with E-state index in [0.717, 1.165) is 19.6 Å². The highest BCUT2D eigenvalue weighted by molar-refractivity contribution is 5.82. The van der Waals surface area contributed by atoms with E-state index in [-0.39, 0.29) is 11.9 Å². The maximum absolute atomic E-state index is 11.9. The number of carbonyl (C=O) groups is 2. The van der Waals surface area contributed by atoms with Gasteiger partial charge in [0.05, 0.1) is 26.1 Å².